The highest BCUT2D eigenvalue weighted by Crippen LogP contribution is 2.30. The number of carbonyl (C=O) groups excluding carboxylic acids is 1. The summed E-state index contributed by atoms with van der Waals surface area (Å²) in [5, 5.41) is 13.9. The van der Waals surface area contributed by atoms with E-state index in [0.717, 1.165) is 10.6 Å². The standard InChI is InChI=1S/C15H17N7OS/c1-9(2)24-12-7-5-4-6-11(12)19-14(23)13-18-10(3)22(21-13)15-16-8-17-20-15/h4-9H,1-3H3,(H,19,23)(H,16,17,20). The van der Waals surface area contributed by atoms with Crippen molar-refractivity contribution in [3.05, 3.63) is 42.2 Å². The highest BCUT2D eigenvalue weighted by atomic mass is 32.2. The summed E-state index contributed by atoms with van der Waals surface area (Å²) in [6.07, 6.45) is 1.37. The molecule has 0 bridgehead atoms. The van der Waals surface area contributed by atoms with E-state index in [0.29, 0.717) is 17.0 Å². The molecule has 0 aliphatic heterocycles. The predicted molar refractivity (Wildman–Crippen MR) is 91.4 cm³/mol. The number of hydrogen-bond donors (Lipinski definition) is 2. The van der Waals surface area contributed by atoms with E-state index in [1.165, 1.54) is 11.0 Å². The van der Waals surface area contributed by atoms with Crippen molar-refractivity contribution in [3.63, 3.8) is 0 Å². The lowest BCUT2D eigenvalue weighted by Gasteiger charge is -2.11. The molecule has 0 radical (unpaired) electrons. The molecule has 24 heavy (non-hydrogen) atoms. The van der Waals surface area contributed by atoms with E-state index in [4.69, 9.17) is 0 Å². The number of para-hydroxylation sites is 1. The van der Waals surface area contributed by atoms with Gasteiger partial charge >= 0.3 is 0 Å². The van der Waals surface area contributed by atoms with E-state index >= 15 is 0 Å². The quantitative estimate of drug-likeness (QED) is 0.690. The number of aromatic nitrogens is 6. The highest BCUT2D eigenvalue weighted by Gasteiger charge is 2.18. The number of aryl methyl sites for hydroxylation is 1. The lowest BCUT2D eigenvalue weighted by molar-refractivity contribution is 0.101. The van der Waals surface area contributed by atoms with Crippen LogP contribution in [0.25, 0.3) is 5.95 Å². The summed E-state index contributed by atoms with van der Waals surface area (Å²) in [5.74, 6) is 0.665. The SMILES string of the molecule is Cc1nc(C(=O)Nc2ccccc2SC(C)C)nn1-c1ncn[nH]1. The molecule has 3 rings (SSSR count). The summed E-state index contributed by atoms with van der Waals surface area (Å²) in [4.78, 5) is 21.7. The second-order valence-corrected chi connectivity index (χ2v) is 6.94. The number of amides is 1. The number of rotatable bonds is 5. The molecule has 0 saturated heterocycles. The van der Waals surface area contributed by atoms with Gasteiger partial charge in [0, 0.05) is 10.1 Å². The lowest BCUT2D eigenvalue weighted by atomic mass is 10.3. The third-order valence-electron chi connectivity index (χ3n) is 3.07. The Hall–Kier alpha value is -2.68. The van der Waals surface area contributed by atoms with Crippen LogP contribution in [-0.2, 0) is 0 Å². The Morgan fingerprint density at radius 3 is 2.83 bits per heavy atom. The van der Waals surface area contributed by atoms with Gasteiger partial charge in [-0.1, -0.05) is 26.0 Å². The minimum Gasteiger partial charge on any atom is -0.318 e. The normalized spacial score (nSPS) is 11.0. The van der Waals surface area contributed by atoms with Crippen molar-refractivity contribution in [2.24, 2.45) is 0 Å². The molecule has 0 aliphatic carbocycles. The lowest BCUT2D eigenvalue weighted by Crippen LogP contribution is -2.15. The molecule has 0 fully saturated rings. The molecule has 2 N–H and O–H groups in total. The predicted octanol–water partition coefficient (Wildman–Crippen LogP) is 2.45. The molecule has 124 valence electrons. The molecule has 0 unspecified atom stereocenters. The maximum Gasteiger partial charge on any atom is 0.295 e. The monoisotopic (exact) mass is 343 g/mol. The second-order valence-electron chi connectivity index (χ2n) is 5.32. The number of nitrogens with zero attached hydrogens (tertiary/aromatic N) is 5. The van der Waals surface area contributed by atoms with Crippen LogP contribution in [0.3, 0.4) is 0 Å². The third-order valence-corrected chi connectivity index (χ3v) is 4.15. The number of H-pyrrole nitrogens is 1. The van der Waals surface area contributed by atoms with E-state index < -0.39 is 0 Å². The first-order valence-corrected chi connectivity index (χ1v) is 8.29. The van der Waals surface area contributed by atoms with Gasteiger partial charge in [0.05, 0.1) is 5.69 Å². The molecule has 3 aromatic rings. The molecular weight excluding hydrogens is 326 g/mol. The Kier molecular flexibility index (Phi) is 4.61. The van der Waals surface area contributed by atoms with E-state index in [1.54, 1.807) is 18.7 Å². The first-order chi connectivity index (χ1) is 11.5. The zero-order valence-corrected chi connectivity index (χ0v) is 14.3. The zero-order valence-electron chi connectivity index (χ0n) is 13.5. The van der Waals surface area contributed by atoms with Crippen LogP contribution in [0.2, 0.25) is 0 Å². The average molecular weight is 343 g/mol. The first kappa shape index (κ1) is 16.2. The number of benzene rings is 1. The molecular formula is C15H17N7OS. The fourth-order valence-electron chi connectivity index (χ4n) is 2.09. The van der Waals surface area contributed by atoms with Crippen LogP contribution in [0.5, 0.6) is 0 Å². The van der Waals surface area contributed by atoms with Crippen LogP contribution in [-0.4, -0.2) is 41.1 Å². The van der Waals surface area contributed by atoms with E-state index in [2.05, 4.69) is 44.4 Å². The van der Waals surface area contributed by atoms with Gasteiger partial charge in [-0.25, -0.2) is 10.1 Å². The van der Waals surface area contributed by atoms with Crippen LogP contribution >= 0.6 is 11.8 Å². The van der Waals surface area contributed by atoms with Crippen LogP contribution in [0, 0.1) is 6.92 Å². The maximum atomic E-state index is 12.5. The number of anilines is 1. The summed E-state index contributed by atoms with van der Waals surface area (Å²) >= 11 is 1.68. The smallest absolute Gasteiger partial charge is 0.295 e. The zero-order chi connectivity index (χ0) is 17.1. The molecule has 1 amide bonds. The van der Waals surface area contributed by atoms with E-state index in [-0.39, 0.29) is 11.7 Å². The summed E-state index contributed by atoms with van der Waals surface area (Å²) in [5.41, 5.74) is 0.745. The summed E-state index contributed by atoms with van der Waals surface area (Å²) in [7, 11) is 0. The molecule has 0 aliphatic rings. The number of hydrogen-bond acceptors (Lipinski definition) is 6. The molecule has 1 aromatic carbocycles. The van der Waals surface area contributed by atoms with Gasteiger partial charge in [0.15, 0.2) is 0 Å². The van der Waals surface area contributed by atoms with Crippen LogP contribution in [0.15, 0.2) is 35.5 Å². The van der Waals surface area contributed by atoms with Gasteiger partial charge < -0.3 is 5.32 Å². The molecule has 2 heterocycles. The summed E-state index contributed by atoms with van der Waals surface area (Å²) < 4.78 is 1.44. The molecule has 9 heteroatoms. The Bertz CT molecular complexity index is 841. The topological polar surface area (TPSA) is 101 Å². The van der Waals surface area contributed by atoms with Gasteiger partial charge in [-0.15, -0.1) is 16.9 Å². The van der Waals surface area contributed by atoms with Crippen LogP contribution in [0.1, 0.15) is 30.3 Å². The van der Waals surface area contributed by atoms with Gasteiger partial charge in [-0.2, -0.15) is 14.8 Å². The van der Waals surface area contributed by atoms with Crippen molar-refractivity contribution < 1.29 is 4.79 Å². The number of aromatic amines is 1. The number of nitrogens with one attached hydrogen (secondary N) is 2. The number of carbonyl (C=O) groups is 1. The minimum atomic E-state index is -0.367. The fraction of sp³-hybridized carbons (Fsp3) is 0.267. The van der Waals surface area contributed by atoms with Gasteiger partial charge in [-0.05, 0) is 19.1 Å². The van der Waals surface area contributed by atoms with Gasteiger partial charge in [-0.3, -0.25) is 4.79 Å². The Balaban J connectivity index is 1.83. The van der Waals surface area contributed by atoms with Crippen molar-refractivity contribution in [3.8, 4) is 5.95 Å². The van der Waals surface area contributed by atoms with Crippen molar-refractivity contribution in [1.29, 1.82) is 0 Å². The van der Waals surface area contributed by atoms with Gasteiger partial charge in [0.2, 0.25) is 11.8 Å². The molecule has 0 saturated carbocycles. The summed E-state index contributed by atoms with van der Waals surface area (Å²) in [6, 6.07) is 7.67. The Labute approximate surface area is 143 Å². The van der Waals surface area contributed by atoms with Gasteiger partial charge in [0.25, 0.3) is 5.91 Å². The molecule has 8 nitrogen and oxygen atoms in total. The van der Waals surface area contributed by atoms with Crippen LogP contribution < -0.4 is 5.32 Å². The van der Waals surface area contributed by atoms with Crippen LogP contribution in [0.4, 0.5) is 5.69 Å². The van der Waals surface area contributed by atoms with Gasteiger partial charge in [0.1, 0.15) is 12.2 Å². The van der Waals surface area contributed by atoms with Crippen molar-refractivity contribution in [1.82, 2.24) is 29.9 Å². The number of thioether (sulfide) groups is 1. The third kappa shape index (κ3) is 3.46. The average Bonchev–Trinajstić information content (AvgIpc) is 3.17. The minimum absolute atomic E-state index is 0.0771. The maximum absolute atomic E-state index is 12.5. The Morgan fingerprint density at radius 1 is 1.33 bits per heavy atom. The largest absolute Gasteiger partial charge is 0.318 e. The van der Waals surface area contributed by atoms with Crippen molar-refractivity contribution in [2.45, 2.75) is 30.9 Å². The fourth-order valence-corrected chi connectivity index (χ4v) is 3.00. The van der Waals surface area contributed by atoms with Crippen molar-refractivity contribution >= 4 is 23.4 Å². The van der Waals surface area contributed by atoms with E-state index in [1.807, 2.05) is 24.3 Å². The second kappa shape index (κ2) is 6.83. The van der Waals surface area contributed by atoms with E-state index in [9.17, 15) is 4.79 Å². The molecule has 2 aromatic heterocycles. The summed E-state index contributed by atoms with van der Waals surface area (Å²) in [6.45, 7) is 5.95. The molecule has 0 atom stereocenters. The molecule has 0 spiro atoms. The highest BCUT2D eigenvalue weighted by molar-refractivity contribution is 8.00. The van der Waals surface area contributed by atoms with Crippen molar-refractivity contribution in [2.75, 3.05) is 5.32 Å². The first-order valence-electron chi connectivity index (χ1n) is 7.41. The Morgan fingerprint density at radius 2 is 2.12 bits per heavy atom.